The minimum Gasteiger partial charge on any atom is -0.348 e. The first kappa shape index (κ1) is 16.3. The summed E-state index contributed by atoms with van der Waals surface area (Å²) >= 11 is 1.37. The quantitative estimate of drug-likeness (QED) is 0.459. The van der Waals surface area contributed by atoms with Crippen LogP contribution in [0.1, 0.15) is 18.4 Å². The van der Waals surface area contributed by atoms with E-state index >= 15 is 0 Å². The molecule has 3 aliphatic rings. The first-order valence-corrected chi connectivity index (χ1v) is 9.18. The first-order chi connectivity index (χ1) is 12.1. The number of carbonyl (C=O) groups excluding carboxylic acids is 1. The summed E-state index contributed by atoms with van der Waals surface area (Å²) in [5.41, 5.74) is 0.658. The number of nitro groups is 1. The highest BCUT2D eigenvalue weighted by atomic mass is 32.2. The van der Waals surface area contributed by atoms with E-state index in [9.17, 15) is 14.9 Å². The Hall–Kier alpha value is -2.19. The van der Waals surface area contributed by atoms with E-state index in [0.29, 0.717) is 16.5 Å². The van der Waals surface area contributed by atoms with Gasteiger partial charge in [-0.25, -0.2) is 0 Å². The predicted octanol–water partition coefficient (Wildman–Crippen LogP) is 2.35. The molecule has 1 atom stereocenters. The number of nitrogens with zero attached hydrogens (tertiary/aromatic N) is 4. The second-order valence-electron chi connectivity index (χ2n) is 6.44. The number of carbonyl (C=O) groups is 1. The van der Waals surface area contributed by atoms with E-state index in [0.717, 1.165) is 24.8 Å². The molecule has 3 aliphatic heterocycles. The maximum absolute atomic E-state index is 12.2. The fourth-order valence-corrected chi connectivity index (χ4v) is 4.53. The number of thioether (sulfide) groups is 1. The van der Waals surface area contributed by atoms with Gasteiger partial charge in [0.25, 0.3) is 11.6 Å². The molecular formula is C17H18N4O3S. The summed E-state index contributed by atoms with van der Waals surface area (Å²) in [6, 6.07) is 6.85. The molecule has 130 valence electrons. The van der Waals surface area contributed by atoms with Crippen LogP contribution in [0.3, 0.4) is 0 Å². The summed E-state index contributed by atoms with van der Waals surface area (Å²) in [4.78, 5) is 32.1. The number of nitro benzene ring substituents is 1. The minimum absolute atomic E-state index is 0.0169. The van der Waals surface area contributed by atoms with Gasteiger partial charge in [-0.15, -0.1) is 0 Å². The maximum atomic E-state index is 12.2. The number of amidine groups is 1. The van der Waals surface area contributed by atoms with Crippen LogP contribution in [0.2, 0.25) is 0 Å². The van der Waals surface area contributed by atoms with Crippen LogP contribution < -0.4 is 0 Å². The molecule has 0 saturated carbocycles. The van der Waals surface area contributed by atoms with E-state index < -0.39 is 4.92 Å². The van der Waals surface area contributed by atoms with Gasteiger partial charge in [-0.05, 0) is 42.8 Å². The smallest absolute Gasteiger partial charge is 0.286 e. The Labute approximate surface area is 149 Å². The van der Waals surface area contributed by atoms with Gasteiger partial charge in [0.1, 0.15) is 0 Å². The zero-order chi connectivity index (χ0) is 17.4. The number of aliphatic imine (C=N–C) groups is 1. The number of hydrogen-bond donors (Lipinski definition) is 0. The standard InChI is InChI=1S/C17H18N4O3S/c22-16-15(10-12-3-1-4-13(9-12)21(23)24)25-17(18-16)20-8-7-19-6-2-5-14(19)11-20/h1,3-4,9-10,14H,2,5-8,11H2/b15-10-. The van der Waals surface area contributed by atoms with Crippen molar-refractivity contribution in [2.75, 3.05) is 26.2 Å². The fraction of sp³-hybridized carbons (Fsp3) is 0.412. The van der Waals surface area contributed by atoms with Crippen molar-refractivity contribution < 1.29 is 9.72 Å². The highest BCUT2D eigenvalue weighted by Gasteiger charge is 2.34. The molecule has 2 fully saturated rings. The van der Waals surface area contributed by atoms with Crippen LogP contribution in [-0.4, -0.2) is 58.0 Å². The highest BCUT2D eigenvalue weighted by Crippen LogP contribution is 2.32. The zero-order valence-electron chi connectivity index (χ0n) is 13.6. The molecular weight excluding hydrogens is 340 g/mol. The Morgan fingerprint density at radius 3 is 3.04 bits per heavy atom. The Balaban J connectivity index is 1.48. The second kappa shape index (κ2) is 6.61. The largest absolute Gasteiger partial charge is 0.348 e. The van der Waals surface area contributed by atoms with Crippen molar-refractivity contribution >= 4 is 34.6 Å². The number of fused-ring (bicyclic) bond motifs is 1. The van der Waals surface area contributed by atoms with E-state index in [1.54, 1.807) is 18.2 Å². The molecule has 1 unspecified atom stereocenters. The van der Waals surface area contributed by atoms with Gasteiger partial charge in [0.15, 0.2) is 5.17 Å². The summed E-state index contributed by atoms with van der Waals surface area (Å²) in [6.07, 6.45) is 4.14. The van der Waals surface area contributed by atoms with Crippen LogP contribution in [0.25, 0.3) is 6.08 Å². The Morgan fingerprint density at radius 2 is 2.20 bits per heavy atom. The van der Waals surface area contributed by atoms with E-state index in [-0.39, 0.29) is 11.6 Å². The predicted molar refractivity (Wildman–Crippen MR) is 97.3 cm³/mol. The number of hydrogen-bond acceptors (Lipinski definition) is 6. The van der Waals surface area contributed by atoms with Crippen molar-refractivity contribution in [2.24, 2.45) is 4.99 Å². The van der Waals surface area contributed by atoms with Gasteiger partial charge >= 0.3 is 0 Å². The lowest BCUT2D eigenvalue weighted by atomic mass is 10.2. The number of non-ortho nitro benzene ring substituents is 1. The molecule has 25 heavy (non-hydrogen) atoms. The molecule has 4 rings (SSSR count). The van der Waals surface area contributed by atoms with Gasteiger partial charge in [-0.3, -0.25) is 19.8 Å². The van der Waals surface area contributed by atoms with Crippen LogP contribution in [0.15, 0.2) is 34.2 Å². The van der Waals surface area contributed by atoms with Gasteiger partial charge in [-0.1, -0.05) is 12.1 Å². The average molecular weight is 358 g/mol. The molecule has 0 bridgehead atoms. The molecule has 0 aliphatic carbocycles. The van der Waals surface area contributed by atoms with E-state index in [1.807, 2.05) is 0 Å². The molecule has 0 radical (unpaired) electrons. The van der Waals surface area contributed by atoms with E-state index in [2.05, 4.69) is 14.8 Å². The lowest BCUT2D eigenvalue weighted by Crippen LogP contribution is -2.51. The zero-order valence-corrected chi connectivity index (χ0v) is 14.4. The van der Waals surface area contributed by atoms with Gasteiger partial charge < -0.3 is 4.90 Å². The Kier molecular flexibility index (Phi) is 4.30. The number of benzene rings is 1. The molecule has 1 aromatic carbocycles. The summed E-state index contributed by atoms with van der Waals surface area (Å²) < 4.78 is 0. The van der Waals surface area contributed by atoms with Crippen LogP contribution in [0.4, 0.5) is 5.69 Å². The van der Waals surface area contributed by atoms with Gasteiger partial charge in [-0.2, -0.15) is 4.99 Å². The Bertz CT molecular complexity index is 792. The molecule has 0 aromatic heterocycles. The summed E-state index contributed by atoms with van der Waals surface area (Å²) in [7, 11) is 0. The molecule has 2 saturated heterocycles. The Morgan fingerprint density at radius 1 is 1.32 bits per heavy atom. The van der Waals surface area contributed by atoms with Crippen LogP contribution in [0, 0.1) is 10.1 Å². The van der Waals surface area contributed by atoms with Crippen LogP contribution >= 0.6 is 11.8 Å². The third kappa shape index (κ3) is 3.32. The number of amides is 1. The molecule has 3 heterocycles. The van der Waals surface area contributed by atoms with Gasteiger partial charge in [0.05, 0.1) is 9.83 Å². The maximum Gasteiger partial charge on any atom is 0.286 e. The second-order valence-corrected chi connectivity index (χ2v) is 7.45. The van der Waals surface area contributed by atoms with Crippen molar-refractivity contribution in [1.29, 1.82) is 0 Å². The normalized spacial score (nSPS) is 25.4. The fourth-order valence-electron chi connectivity index (χ4n) is 3.58. The number of rotatable bonds is 2. The van der Waals surface area contributed by atoms with Crippen LogP contribution in [-0.2, 0) is 4.79 Å². The van der Waals surface area contributed by atoms with E-state index in [1.165, 1.54) is 43.3 Å². The molecule has 1 amide bonds. The minimum atomic E-state index is -0.436. The third-order valence-electron chi connectivity index (χ3n) is 4.85. The number of piperazine rings is 1. The first-order valence-electron chi connectivity index (χ1n) is 8.36. The third-order valence-corrected chi connectivity index (χ3v) is 5.89. The van der Waals surface area contributed by atoms with Gasteiger partial charge in [0.2, 0.25) is 0 Å². The van der Waals surface area contributed by atoms with Crippen molar-refractivity contribution in [2.45, 2.75) is 18.9 Å². The molecule has 1 aromatic rings. The molecule has 8 heteroatoms. The SMILES string of the molecule is O=C1N=C(N2CCN3CCCC3C2)S/C1=C\c1cccc([N+](=O)[O-])c1. The lowest BCUT2D eigenvalue weighted by Gasteiger charge is -2.38. The lowest BCUT2D eigenvalue weighted by molar-refractivity contribution is -0.384. The van der Waals surface area contributed by atoms with Crippen molar-refractivity contribution in [3.8, 4) is 0 Å². The van der Waals surface area contributed by atoms with Crippen molar-refractivity contribution in [3.05, 3.63) is 44.8 Å². The molecule has 7 nitrogen and oxygen atoms in total. The summed E-state index contributed by atoms with van der Waals surface area (Å²) in [6.45, 7) is 4.00. The monoisotopic (exact) mass is 358 g/mol. The van der Waals surface area contributed by atoms with Crippen molar-refractivity contribution in [1.82, 2.24) is 9.80 Å². The molecule has 0 spiro atoms. The summed E-state index contributed by atoms with van der Waals surface area (Å²) in [5.74, 6) is -0.264. The van der Waals surface area contributed by atoms with Crippen molar-refractivity contribution in [3.63, 3.8) is 0 Å². The van der Waals surface area contributed by atoms with Gasteiger partial charge in [0, 0.05) is 37.8 Å². The van der Waals surface area contributed by atoms with E-state index in [4.69, 9.17) is 0 Å². The summed E-state index contributed by atoms with van der Waals surface area (Å²) in [5, 5.41) is 11.6. The highest BCUT2D eigenvalue weighted by molar-refractivity contribution is 8.18. The molecule has 0 N–H and O–H groups in total. The average Bonchev–Trinajstić information content (AvgIpc) is 3.21. The topological polar surface area (TPSA) is 79.0 Å². The van der Waals surface area contributed by atoms with Crippen LogP contribution in [0.5, 0.6) is 0 Å².